The van der Waals surface area contributed by atoms with Crippen molar-refractivity contribution in [2.75, 3.05) is 0 Å². The second-order valence-electron chi connectivity index (χ2n) is 5.43. The Kier molecular flexibility index (Phi) is 3.85. The van der Waals surface area contributed by atoms with Gasteiger partial charge in [0.05, 0.1) is 35.1 Å². The molecular weight excluding hydrogens is 278 g/mol. The van der Waals surface area contributed by atoms with Crippen molar-refractivity contribution in [1.82, 2.24) is 24.7 Å². The van der Waals surface area contributed by atoms with Crippen LogP contribution >= 0.6 is 0 Å². The second kappa shape index (κ2) is 5.81. The molecule has 2 aromatic heterocycles. The van der Waals surface area contributed by atoms with E-state index in [4.69, 9.17) is 0 Å². The van der Waals surface area contributed by atoms with E-state index in [0.717, 1.165) is 33.8 Å². The molecule has 0 fully saturated rings. The van der Waals surface area contributed by atoms with Crippen LogP contribution < -0.4 is 0 Å². The first-order valence-electron chi connectivity index (χ1n) is 7.39. The smallest absolute Gasteiger partial charge is 0.158 e. The monoisotopic (exact) mass is 297 g/mol. The summed E-state index contributed by atoms with van der Waals surface area (Å²) in [5.41, 5.74) is 4.49. The number of benzene rings is 1. The van der Waals surface area contributed by atoms with Crippen LogP contribution in [0.15, 0.2) is 24.5 Å². The predicted molar refractivity (Wildman–Crippen MR) is 84.3 cm³/mol. The van der Waals surface area contributed by atoms with Gasteiger partial charge in [-0.15, -0.1) is 0 Å². The van der Waals surface area contributed by atoms with Gasteiger partial charge in [0.2, 0.25) is 0 Å². The summed E-state index contributed by atoms with van der Waals surface area (Å²) in [4.78, 5) is 13.4. The number of aliphatic hydroxyl groups excluding tert-OH is 1. The first-order valence-corrected chi connectivity index (χ1v) is 7.39. The Labute approximate surface area is 128 Å². The summed E-state index contributed by atoms with van der Waals surface area (Å²) in [5.74, 6) is 0.731. The number of fused-ring (bicyclic) bond motifs is 1. The molecule has 3 rings (SSSR count). The second-order valence-corrected chi connectivity index (χ2v) is 5.43. The van der Waals surface area contributed by atoms with Crippen molar-refractivity contribution < 1.29 is 5.11 Å². The molecule has 0 amide bonds. The fourth-order valence-corrected chi connectivity index (χ4v) is 2.32. The Bertz CT molecular complexity index is 811. The first kappa shape index (κ1) is 14.6. The fourth-order valence-electron chi connectivity index (χ4n) is 2.32. The van der Waals surface area contributed by atoms with Gasteiger partial charge in [0, 0.05) is 5.56 Å². The summed E-state index contributed by atoms with van der Waals surface area (Å²) in [6, 6.07) is 5.87. The quantitative estimate of drug-likeness (QED) is 0.799. The topological polar surface area (TPSA) is 76.7 Å². The lowest BCUT2D eigenvalue weighted by Gasteiger charge is -2.10. The maximum absolute atomic E-state index is 9.83. The van der Waals surface area contributed by atoms with Crippen LogP contribution in [-0.4, -0.2) is 35.9 Å². The highest BCUT2D eigenvalue weighted by Crippen LogP contribution is 2.22. The molecule has 0 radical (unpaired) electrons. The molecule has 6 heteroatoms. The van der Waals surface area contributed by atoms with Crippen molar-refractivity contribution in [3.05, 3.63) is 35.9 Å². The van der Waals surface area contributed by atoms with Crippen LogP contribution in [0.2, 0.25) is 0 Å². The highest BCUT2D eigenvalue weighted by atomic mass is 16.3. The van der Waals surface area contributed by atoms with Crippen LogP contribution in [0.3, 0.4) is 0 Å². The van der Waals surface area contributed by atoms with Gasteiger partial charge in [0.25, 0.3) is 0 Å². The molecule has 1 N–H and O–H groups in total. The molecule has 2 heterocycles. The zero-order valence-corrected chi connectivity index (χ0v) is 13.0. The Morgan fingerprint density at radius 1 is 1.14 bits per heavy atom. The van der Waals surface area contributed by atoms with Gasteiger partial charge in [0.1, 0.15) is 6.33 Å². The van der Waals surface area contributed by atoms with Crippen molar-refractivity contribution in [2.45, 2.75) is 39.8 Å². The van der Waals surface area contributed by atoms with E-state index in [2.05, 4.69) is 20.1 Å². The summed E-state index contributed by atoms with van der Waals surface area (Å²) < 4.78 is 1.73. The van der Waals surface area contributed by atoms with Crippen molar-refractivity contribution in [3.8, 4) is 11.4 Å². The average Bonchev–Trinajstić information content (AvgIpc) is 2.96. The Balaban J connectivity index is 2.04. The van der Waals surface area contributed by atoms with Gasteiger partial charge in [-0.2, -0.15) is 5.10 Å². The summed E-state index contributed by atoms with van der Waals surface area (Å²) >= 11 is 0. The minimum atomic E-state index is -0.425. The van der Waals surface area contributed by atoms with Crippen molar-refractivity contribution >= 4 is 11.0 Å². The first-order chi connectivity index (χ1) is 10.6. The molecule has 0 aliphatic heterocycles. The Morgan fingerprint density at radius 2 is 1.86 bits per heavy atom. The van der Waals surface area contributed by atoms with Crippen LogP contribution in [0, 0.1) is 13.8 Å². The van der Waals surface area contributed by atoms with Gasteiger partial charge in [-0.05, 0) is 38.5 Å². The molecule has 1 atom stereocenters. The molecule has 0 bridgehead atoms. The number of hydrogen-bond donors (Lipinski definition) is 1. The van der Waals surface area contributed by atoms with Crippen molar-refractivity contribution in [1.29, 1.82) is 0 Å². The summed E-state index contributed by atoms with van der Waals surface area (Å²) in [6.45, 7) is 6.29. The lowest BCUT2D eigenvalue weighted by Crippen LogP contribution is -2.16. The minimum Gasteiger partial charge on any atom is -0.391 e. The average molecular weight is 297 g/mol. The SMILES string of the molecule is CCC(O)Cn1ncnc1-c1ccc2nc(C)c(C)nc2c1. The minimum absolute atomic E-state index is 0.425. The molecule has 0 aliphatic rings. The van der Waals surface area contributed by atoms with Crippen LogP contribution in [0.4, 0.5) is 0 Å². The third kappa shape index (κ3) is 2.69. The lowest BCUT2D eigenvalue weighted by atomic mass is 10.1. The molecule has 0 aliphatic carbocycles. The van der Waals surface area contributed by atoms with Crippen LogP contribution in [-0.2, 0) is 6.54 Å². The zero-order chi connectivity index (χ0) is 15.7. The van der Waals surface area contributed by atoms with Gasteiger partial charge >= 0.3 is 0 Å². The van der Waals surface area contributed by atoms with Crippen molar-refractivity contribution in [2.24, 2.45) is 0 Å². The van der Waals surface area contributed by atoms with Crippen LogP contribution in [0.25, 0.3) is 22.4 Å². The predicted octanol–water partition coefficient (Wildman–Crippen LogP) is 2.28. The van der Waals surface area contributed by atoms with Crippen molar-refractivity contribution in [3.63, 3.8) is 0 Å². The van der Waals surface area contributed by atoms with Gasteiger partial charge < -0.3 is 5.11 Å². The summed E-state index contributed by atoms with van der Waals surface area (Å²) in [6.07, 6.45) is 1.76. The van der Waals surface area contributed by atoms with E-state index >= 15 is 0 Å². The molecule has 0 spiro atoms. The Hall–Kier alpha value is -2.34. The lowest BCUT2D eigenvalue weighted by molar-refractivity contribution is 0.146. The third-order valence-electron chi connectivity index (χ3n) is 3.80. The largest absolute Gasteiger partial charge is 0.391 e. The number of nitrogens with zero attached hydrogens (tertiary/aromatic N) is 5. The summed E-state index contributed by atoms with van der Waals surface area (Å²) in [7, 11) is 0. The van der Waals surface area contributed by atoms with Gasteiger partial charge in [-0.25, -0.2) is 19.6 Å². The molecule has 0 saturated heterocycles. The molecule has 3 aromatic rings. The van der Waals surface area contributed by atoms with E-state index in [-0.39, 0.29) is 0 Å². The van der Waals surface area contributed by atoms with E-state index in [1.54, 1.807) is 4.68 Å². The Morgan fingerprint density at radius 3 is 2.59 bits per heavy atom. The molecule has 1 aromatic carbocycles. The third-order valence-corrected chi connectivity index (χ3v) is 3.80. The van der Waals surface area contributed by atoms with Crippen LogP contribution in [0.1, 0.15) is 24.7 Å². The molecular formula is C16H19N5O. The van der Waals surface area contributed by atoms with Crippen LogP contribution in [0.5, 0.6) is 0 Å². The fraction of sp³-hybridized carbons (Fsp3) is 0.375. The number of rotatable bonds is 4. The molecule has 6 nitrogen and oxygen atoms in total. The van der Waals surface area contributed by atoms with Gasteiger partial charge in [-0.3, -0.25) is 0 Å². The molecule has 1 unspecified atom stereocenters. The maximum Gasteiger partial charge on any atom is 0.158 e. The standard InChI is InChI=1S/C16H19N5O/c1-4-13(22)8-21-16(17-9-18-21)12-5-6-14-15(7-12)20-11(3)10(2)19-14/h5-7,9,13,22H,4,8H2,1-3H3. The molecule has 114 valence electrons. The number of hydrogen-bond acceptors (Lipinski definition) is 5. The number of aryl methyl sites for hydroxylation is 2. The number of aliphatic hydroxyl groups is 1. The normalized spacial score (nSPS) is 12.7. The van der Waals surface area contributed by atoms with E-state index in [9.17, 15) is 5.11 Å². The molecule has 0 saturated carbocycles. The highest BCUT2D eigenvalue weighted by Gasteiger charge is 2.12. The van der Waals surface area contributed by atoms with E-state index < -0.39 is 6.10 Å². The molecule has 22 heavy (non-hydrogen) atoms. The van der Waals surface area contributed by atoms with E-state index in [1.165, 1.54) is 6.33 Å². The summed E-state index contributed by atoms with van der Waals surface area (Å²) in [5, 5.41) is 14.0. The highest BCUT2D eigenvalue weighted by molar-refractivity contribution is 5.80. The van der Waals surface area contributed by atoms with E-state index in [0.29, 0.717) is 13.0 Å². The van der Waals surface area contributed by atoms with Gasteiger partial charge in [-0.1, -0.05) is 6.92 Å². The maximum atomic E-state index is 9.83. The van der Waals surface area contributed by atoms with E-state index in [1.807, 2.05) is 39.0 Å². The van der Waals surface area contributed by atoms with Gasteiger partial charge in [0.15, 0.2) is 5.82 Å². The number of aromatic nitrogens is 5. The zero-order valence-electron chi connectivity index (χ0n) is 13.0.